The molecule has 0 spiro atoms. The van der Waals surface area contributed by atoms with E-state index in [0.717, 1.165) is 19.5 Å². The van der Waals surface area contributed by atoms with E-state index in [1.54, 1.807) is 0 Å². The number of carbonyl (C=O) groups is 1. The largest absolute Gasteiger partial charge is 0.342 e. The number of hydrogen-bond acceptors (Lipinski definition) is 2. The molecule has 0 atom stereocenters. The van der Waals surface area contributed by atoms with Gasteiger partial charge in [-0.05, 0) is 24.0 Å². The monoisotopic (exact) mass is 201 g/mol. The highest BCUT2D eigenvalue weighted by Gasteiger charge is 2.28. The van der Waals surface area contributed by atoms with Crippen molar-refractivity contribution in [3.8, 4) is 0 Å². The minimum Gasteiger partial charge on any atom is -0.342 e. The smallest absolute Gasteiger partial charge is 0.223 e. The minimum atomic E-state index is 0.266. The SMILES string of the molecule is CC1(C)CCCN(C(=O)CCS)C1. The molecule has 76 valence electrons. The van der Waals surface area contributed by atoms with Crippen LogP contribution in [0.3, 0.4) is 0 Å². The molecule has 0 bridgehead atoms. The summed E-state index contributed by atoms with van der Waals surface area (Å²) >= 11 is 4.08. The highest BCUT2D eigenvalue weighted by atomic mass is 32.1. The molecule has 0 saturated carbocycles. The third kappa shape index (κ3) is 3.22. The van der Waals surface area contributed by atoms with Crippen molar-refractivity contribution in [3.63, 3.8) is 0 Å². The Bertz CT molecular complexity index is 191. The van der Waals surface area contributed by atoms with Crippen molar-refractivity contribution >= 4 is 18.5 Å². The van der Waals surface area contributed by atoms with Crippen LogP contribution in [0.25, 0.3) is 0 Å². The third-order valence-corrected chi connectivity index (χ3v) is 2.80. The van der Waals surface area contributed by atoms with Crippen molar-refractivity contribution in [1.29, 1.82) is 0 Å². The molecule has 0 aliphatic carbocycles. The summed E-state index contributed by atoms with van der Waals surface area (Å²) in [4.78, 5) is 13.5. The van der Waals surface area contributed by atoms with Gasteiger partial charge in [0.25, 0.3) is 0 Å². The van der Waals surface area contributed by atoms with E-state index in [2.05, 4.69) is 26.5 Å². The van der Waals surface area contributed by atoms with Gasteiger partial charge in [0.1, 0.15) is 0 Å². The predicted octanol–water partition coefficient (Wildman–Crippen LogP) is 1.95. The standard InChI is InChI=1S/C10H19NOS/c1-10(2)5-3-6-11(8-10)9(12)4-7-13/h13H,3-8H2,1-2H3. The highest BCUT2D eigenvalue weighted by Crippen LogP contribution is 2.28. The van der Waals surface area contributed by atoms with Gasteiger partial charge in [0.2, 0.25) is 5.91 Å². The average Bonchev–Trinajstić information content (AvgIpc) is 2.03. The second-order valence-corrected chi connectivity index (χ2v) is 5.00. The molecule has 0 unspecified atom stereocenters. The summed E-state index contributed by atoms with van der Waals surface area (Å²) in [5.74, 6) is 0.929. The number of hydrogen-bond donors (Lipinski definition) is 1. The maximum atomic E-state index is 11.6. The first-order valence-electron chi connectivity index (χ1n) is 4.94. The Morgan fingerprint density at radius 3 is 2.77 bits per heavy atom. The van der Waals surface area contributed by atoms with Gasteiger partial charge in [0.15, 0.2) is 0 Å². The predicted molar refractivity (Wildman–Crippen MR) is 58.1 cm³/mol. The highest BCUT2D eigenvalue weighted by molar-refractivity contribution is 7.80. The van der Waals surface area contributed by atoms with Gasteiger partial charge in [-0.25, -0.2) is 0 Å². The number of likely N-dealkylation sites (tertiary alicyclic amines) is 1. The fourth-order valence-corrected chi connectivity index (χ4v) is 2.08. The Kier molecular flexibility index (Phi) is 3.65. The lowest BCUT2D eigenvalue weighted by molar-refractivity contribution is -0.133. The molecule has 0 aromatic rings. The number of thiol groups is 1. The molecule has 1 amide bonds. The molecule has 0 radical (unpaired) electrons. The molecule has 0 aromatic heterocycles. The fraction of sp³-hybridized carbons (Fsp3) is 0.900. The Morgan fingerprint density at radius 1 is 1.54 bits per heavy atom. The fourth-order valence-electron chi connectivity index (χ4n) is 1.89. The van der Waals surface area contributed by atoms with Crippen molar-refractivity contribution in [3.05, 3.63) is 0 Å². The Labute approximate surface area is 86.1 Å². The molecule has 1 saturated heterocycles. The molecule has 0 aromatic carbocycles. The topological polar surface area (TPSA) is 20.3 Å². The molecule has 1 heterocycles. The van der Waals surface area contributed by atoms with E-state index in [9.17, 15) is 4.79 Å². The first-order valence-corrected chi connectivity index (χ1v) is 5.57. The zero-order chi connectivity index (χ0) is 9.90. The number of rotatable bonds is 2. The maximum Gasteiger partial charge on any atom is 0.223 e. The van der Waals surface area contributed by atoms with Gasteiger partial charge >= 0.3 is 0 Å². The van der Waals surface area contributed by atoms with Gasteiger partial charge in [-0.15, -0.1) is 0 Å². The van der Waals surface area contributed by atoms with Crippen LogP contribution < -0.4 is 0 Å². The van der Waals surface area contributed by atoms with Gasteiger partial charge in [0, 0.05) is 19.5 Å². The molecule has 0 N–H and O–H groups in total. The van der Waals surface area contributed by atoms with Crippen LogP contribution in [0, 0.1) is 5.41 Å². The number of piperidine rings is 1. The number of carbonyl (C=O) groups excluding carboxylic acids is 1. The van der Waals surface area contributed by atoms with Crippen LogP contribution in [0.1, 0.15) is 33.1 Å². The quantitative estimate of drug-likeness (QED) is 0.677. The van der Waals surface area contributed by atoms with Crippen LogP contribution in [-0.4, -0.2) is 29.6 Å². The Morgan fingerprint density at radius 2 is 2.23 bits per heavy atom. The van der Waals surface area contributed by atoms with Gasteiger partial charge in [-0.3, -0.25) is 4.79 Å². The molecule has 1 aliphatic rings. The van der Waals surface area contributed by atoms with Gasteiger partial charge in [0.05, 0.1) is 0 Å². The number of nitrogens with zero attached hydrogens (tertiary/aromatic N) is 1. The lowest BCUT2D eigenvalue weighted by Crippen LogP contribution is -2.43. The molecular formula is C10H19NOS. The van der Waals surface area contributed by atoms with E-state index in [4.69, 9.17) is 0 Å². The Hall–Kier alpha value is -0.180. The second kappa shape index (κ2) is 4.36. The summed E-state index contributed by atoms with van der Waals surface area (Å²) in [6, 6.07) is 0. The maximum absolute atomic E-state index is 11.6. The van der Waals surface area contributed by atoms with Crippen LogP contribution >= 0.6 is 12.6 Å². The summed E-state index contributed by atoms with van der Waals surface area (Å²) in [6.45, 7) is 6.32. The van der Waals surface area contributed by atoms with E-state index >= 15 is 0 Å². The first kappa shape index (κ1) is 10.9. The third-order valence-electron chi connectivity index (χ3n) is 2.58. The van der Waals surface area contributed by atoms with Crippen LogP contribution in [0.4, 0.5) is 0 Å². The molecule has 1 aliphatic heterocycles. The van der Waals surface area contributed by atoms with E-state index in [1.165, 1.54) is 6.42 Å². The van der Waals surface area contributed by atoms with Gasteiger partial charge in [-0.2, -0.15) is 12.6 Å². The van der Waals surface area contributed by atoms with E-state index < -0.39 is 0 Å². The summed E-state index contributed by atoms with van der Waals surface area (Å²) in [5.41, 5.74) is 0.310. The van der Waals surface area contributed by atoms with Crippen LogP contribution in [-0.2, 0) is 4.79 Å². The van der Waals surface area contributed by atoms with Crippen LogP contribution in [0.15, 0.2) is 0 Å². The lowest BCUT2D eigenvalue weighted by atomic mass is 9.84. The van der Waals surface area contributed by atoms with Gasteiger partial charge < -0.3 is 4.90 Å². The van der Waals surface area contributed by atoms with Crippen molar-refractivity contribution < 1.29 is 4.79 Å². The van der Waals surface area contributed by atoms with Crippen molar-refractivity contribution in [2.75, 3.05) is 18.8 Å². The lowest BCUT2D eigenvalue weighted by Gasteiger charge is -2.38. The molecule has 13 heavy (non-hydrogen) atoms. The number of amides is 1. The van der Waals surface area contributed by atoms with Crippen LogP contribution in [0.2, 0.25) is 0 Å². The van der Waals surface area contributed by atoms with Crippen LogP contribution in [0.5, 0.6) is 0 Å². The molecule has 1 rings (SSSR count). The first-order chi connectivity index (χ1) is 6.05. The normalized spacial score (nSPS) is 21.6. The second-order valence-electron chi connectivity index (χ2n) is 4.56. The zero-order valence-electron chi connectivity index (χ0n) is 8.55. The molecular weight excluding hydrogens is 182 g/mol. The van der Waals surface area contributed by atoms with Gasteiger partial charge in [-0.1, -0.05) is 13.8 Å². The summed E-state index contributed by atoms with van der Waals surface area (Å²) < 4.78 is 0. The molecule has 2 nitrogen and oxygen atoms in total. The molecule has 1 fully saturated rings. The van der Waals surface area contributed by atoms with Crippen molar-refractivity contribution in [2.45, 2.75) is 33.1 Å². The van der Waals surface area contributed by atoms with E-state index in [-0.39, 0.29) is 5.91 Å². The van der Waals surface area contributed by atoms with Crippen molar-refractivity contribution in [1.82, 2.24) is 4.90 Å². The average molecular weight is 201 g/mol. The summed E-state index contributed by atoms with van der Waals surface area (Å²) in [5, 5.41) is 0. The molecule has 3 heteroatoms. The van der Waals surface area contributed by atoms with E-state index in [1.807, 2.05) is 4.90 Å². The van der Waals surface area contributed by atoms with E-state index in [0.29, 0.717) is 17.6 Å². The summed E-state index contributed by atoms with van der Waals surface area (Å²) in [6.07, 6.45) is 2.96. The Balaban J connectivity index is 2.47. The zero-order valence-corrected chi connectivity index (χ0v) is 9.44. The summed E-state index contributed by atoms with van der Waals surface area (Å²) in [7, 11) is 0. The minimum absolute atomic E-state index is 0.266. The van der Waals surface area contributed by atoms with Crippen molar-refractivity contribution in [2.24, 2.45) is 5.41 Å².